The average Bonchev–Trinajstić information content (AvgIpc) is 2.98. The number of aryl methyl sites for hydroxylation is 2. The number of aromatic nitrogens is 4. The zero-order chi connectivity index (χ0) is 23.1. The maximum Gasteiger partial charge on any atom is 0.410 e. The largest absolute Gasteiger partial charge is 0.444 e. The van der Waals surface area contributed by atoms with E-state index >= 15 is 0 Å². The van der Waals surface area contributed by atoms with Gasteiger partial charge in [-0.15, -0.1) is 0 Å². The highest BCUT2D eigenvalue weighted by atomic mass is 16.6. The van der Waals surface area contributed by atoms with Crippen molar-refractivity contribution < 1.29 is 9.53 Å². The van der Waals surface area contributed by atoms with Gasteiger partial charge in [0.1, 0.15) is 22.6 Å². The highest BCUT2D eigenvalue weighted by Crippen LogP contribution is 2.28. The standard InChI is InChI=1S/C21H31N7O3/c1-8-26-18-16(23-15(9-10-22)25(18)7)17(24-19(26)29)27-11-14(3)28(12-13(27)2)20(30)31-21(4,5)6/h13-14H,8-9,11-12H2,1-7H3/t13-,14+/m0/s1. The first-order chi connectivity index (χ1) is 14.5. The summed E-state index contributed by atoms with van der Waals surface area (Å²) in [4.78, 5) is 38.2. The molecule has 0 bridgehead atoms. The van der Waals surface area contributed by atoms with Gasteiger partial charge >= 0.3 is 11.8 Å². The third-order valence-electron chi connectivity index (χ3n) is 5.50. The van der Waals surface area contributed by atoms with E-state index in [1.54, 1.807) is 14.0 Å². The van der Waals surface area contributed by atoms with E-state index in [2.05, 4.69) is 16.0 Å². The lowest BCUT2D eigenvalue weighted by Crippen LogP contribution is -2.59. The fourth-order valence-corrected chi connectivity index (χ4v) is 4.00. The summed E-state index contributed by atoms with van der Waals surface area (Å²) in [7, 11) is 1.81. The molecule has 0 spiro atoms. The molecule has 0 unspecified atom stereocenters. The van der Waals surface area contributed by atoms with Crippen LogP contribution in [0.2, 0.25) is 0 Å². The first-order valence-corrected chi connectivity index (χ1v) is 10.6. The number of nitriles is 1. The lowest BCUT2D eigenvalue weighted by molar-refractivity contribution is 0.0130. The second kappa shape index (κ2) is 8.21. The zero-order valence-electron chi connectivity index (χ0n) is 19.3. The Bertz CT molecular complexity index is 1090. The third-order valence-corrected chi connectivity index (χ3v) is 5.50. The van der Waals surface area contributed by atoms with Crippen molar-refractivity contribution in [2.24, 2.45) is 7.05 Å². The predicted molar refractivity (Wildman–Crippen MR) is 117 cm³/mol. The van der Waals surface area contributed by atoms with Crippen molar-refractivity contribution in [3.8, 4) is 6.07 Å². The Hall–Kier alpha value is -3.09. The van der Waals surface area contributed by atoms with E-state index in [0.29, 0.717) is 42.4 Å². The summed E-state index contributed by atoms with van der Waals surface area (Å²) in [5.41, 5.74) is 0.322. The molecule has 2 aromatic rings. The lowest BCUT2D eigenvalue weighted by Gasteiger charge is -2.44. The number of carbonyl (C=O) groups excluding carboxylic acids is 1. The van der Waals surface area contributed by atoms with E-state index in [0.717, 1.165) is 0 Å². The monoisotopic (exact) mass is 429 g/mol. The van der Waals surface area contributed by atoms with E-state index in [4.69, 9.17) is 10.00 Å². The average molecular weight is 430 g/mol. The molecule has 1 saturated heterocycles. The van der Waals surface area contributed by atoms with Crippen LogP contribution >= 0.6 is 0 Å². The molecule has 3 heterocycles. The molecule has 1 aliphatic rings. The second-order valence-corrected chi connectivity index (χ2v) is 9.04. The Kier molecular flexibility index (Phi) is 5.98. The van der Waals surface area contributed by atoms with Gasteiger partial charge in [-0.3, -0.25) is 4.57 Å². The number of ether oxygens (including phenoxy) is 1. The van der Waals surface area contributed by atoms with Crippen LogP contribution in [0.1, 0.15) is 47.4 Å². The maximum absolute atomic E-state index is 12.8. The molecule has 1 amide bonds. The number of rotatable bonds is 3. The topological polar surface area (TPSA) is 109 Å². The molecular weight excluding hydrogens is 398 g/mol. The third kappa shape index (κ3) is 4.22. The fraction of sp³-hybridized carbons (Fsp3) is 0.667. The van der Waals surface area contributed by atoms with Crippen LogP contribution in [0, 0.1) is 11.3 Å². The number of amides is 1. The highest BCUT2D eigenvalue weighted by molar-refractivity contribution is 5.85. The molecule has 168 valence electrons. The van der Waals surface area contributed by atoms with E-state index in [1.165, 1.54) is 0 Å². The molecule has 0 saturated carbocycles. The van der Waals surface area contributed by atoms with Crippen LogP contribution in [0.5, 0.6) is 0 Å². The van der Waals surface area contributed by atoms with Gasteiger partial charge < -0.3 is 19.1 Å². The fourth-order valence-electron chi connectivity index (χ4n) is 4.00. The van der Waals surface area contributed by atoms with Crippen molar-refractivity contribution in [3.63, 3.8) is 0 Å². The van der Waals surface area contributed by atoms with Crippen molar-refractivity contribution in [1.29, 1.82) is 5.26 Å². The van der Waals surface area contributed by atoms with Crippen molar-refractivity contribution >= 4 is 23.1 Å². The molecule has 0 N–H and O–H groups in total. The summed E-state index contributed by atoms with van der Waals surface area (Å²) in [5, 5.41) is 9.16. The summed E-state index contributed by atoms with van der Waals surface area (Å²) in [6.45, 7) is 12.7. The SMILES string of the molecule is CCn1c(=O)nc(N2C[C@@H](C)N(C(=O)OC(C)(C)C)C[C@@H]2C)c2nc(CC#N)n(C)c21. The van der Waals surface area contributed by atoms with Gasteiger partial charge in [0.15, 0.2) is 5.82 Å². The van der Waals surface area contributed by atoms with Gasteiger partial charge in [0.05, 0.1) is 12.5 Å². The van der Waals surface area contributed by atoms with Gasteiger partial charge in [-0.05, 0) is 41.5 Å². The van der Waals surface area contributed by atoms with Crippen LogP contribution < -0.4 is 10.6 Å². The van der Waals surface area contributed by atoms with Crippen molar-refractivity contribution in [2.45, 2.75) is 72.2 Å². The maximum atomic E-state index is 12.8. The Morgan fingerprint density at radius 2 is 1.90 bits per heavy atom. The number of hydrogen-bond acceptors (Lipinski definition) is 7. The summed E-state index contributed by atoms with van der Waals surface area (Å²) in [5.74, 6) is 1.08. The molecule has 0 aromatic carbocycles. The van der Waals surface area contributed by atoms with Crippen LogP contribution in [0.25, 0.3) is 11.2 Å². The van der Waals surface area contributed by atoms with Crippen LogP contribution in [0.15, 0.2) is 4.79 Å². The van der Waals surface area contributed by atoms with Crippen LogP contribution in [0.3, 0.4) is 0 Å². The van der Waals surface area contributed by atoms with E-state index in [1.807, 2.05) is 53.5 Å². The Morgan fingerprint density at radius 3 is 2.48 bits per heavy atom. The molecule has 1 aliphatic heterocycles. The molecule has 2 atom stereocenters. The van der Waals surface area contributed by atoms with Gasteiger partial charge in [0, 0.05) is 38.8 Å². The predicted octanol–water partition coefficient (Wildman–Crippen LogP) is 2.05. The Balaban J connectivity index is 2.03. The number of anilines is 1. The quantitative estimate of drug-likeness (QED) is 0.734. The molecule has 10 nitrogen and oxygen atoms in total. The Morgan fingerprint density at radius 1 is 1.23 bits per heavy atom. The first-order valence-electron chi connectivity index (χ1n) is 10.6. The van der Waals surface area contributed by atoms with Crippen molar-refractivity contribution in [3.05, 3.63) is 16.3 Å². The lowest BCUT2D eigenvalue weighted by atomic mass is 10.1. The minimum Gasteiger partial charge on any atom is -0.444 e. The minimum atomic E-state index is -0.569. The summed E-state index contributed by atoms with van der Waals surface area (Å²) >= 11 is 0. The molecule has 1 fully saturated rings. The summed E-state index contributed by atoms with van der Waals surface area (Å²) in [6.07, 6.45) is -0.207. The number of carbonyl (C=O) groups is 1. The van der Waals surface area contributed by atoms with Gasteiger partial charge in [0.2, 0.25) is 0 Å². The van der Waals surface area contributed by atoms with Gasteiger partial charge in [-0.1, -0.05) is 0 Å². The summed E-state index contributed by atoms with van der Waals surface area (Å²) in [6, 6.07) is 1.89. The van der Waals surface area contributed by atoms with E-state index in [-0.39, 0.29) is 30.3 Å². The molecular formula is C21H31N7O3. The first kappa shape index (κ1) is 22.6. The Labute approximate surface area is 182 Å². The second-order valence-electron chi connectivity index (χ2n) is 9.04. The highest BCUT2D eigenvalue weighted by Gasteiger charge is 2.36. The van der Waals surface area contributed by atoms with Crippen LogP contribution in [-0.4, -0.2) is 60.9 Å². The summed E-state index contributed by atoms with van der Waals surface area (Å²) < 4.78 is 8.91. The smallest absolute Gasteiger partial charge is 0.410 e. The van der Waals surface area contributed by atoms with Crippen molar-refractivity contribution in [2.75, 3.05) is 18.0 Å². The van der Waals surface area contributed by atoms with Crippen LogP contribution in [0.4, 0.5) is 10.6 Å². The number of imidazole rings is 1. The number of fused-ring (bicyclic) bond motifs is 1. The molecule has 31 heavy (non-hydrogen) atoms. The minimum absolute atomic E-state index is 0.0993. The van der Waals surface area contributed by atoms with E-state index < -0.39 is 5.60 Å². The van der Waals surface area contributed by atoms with Crippen LogP contribution in [-0.2, 0) is 24.8 Å². The number of nitrogens with zero attached hydrogens (tertiary/aromatic N) is 7. The van der Waals surface area contributed by atoms with E-state index in [9.17, 15) is 9.59 Å². The normalized spacial score (nSPS) is 19.5. The van der Waals surface area contributed by atoms with Crippen molar-refractivity contribution in [1.82, 2.24) is 24.0 Å². The molecule has 2 aromatic heterocycles. The molecule has 10 heteroatoms. The zero-order valence-corrected chi connectivity index (χ0v) is 19.3. The molecule has 0 radical (unpaired) electrons. The van der Waals surface area contributed by atoms with Gasteiger partial charge in [-0.2, -0.15) is 10.2 Å². The van der Waals surface area contributed by atoms with Gasteiger partial charge in [-0.25, -0.2) is 14.6 Å². The van der Waals surface area contributed by atoms with Gasteiger partial charge in [0.25, 0.3) is 0 Å². The molecule has 0 aliphatic carbocycles. The number of hydrogen-bond donors (Lipinski definition) is 0. The number of piperazine rings is 1. The molecule has 3 rings (SSSR count).